The minimum absolute atomic E-state index is 0.0224. The van der Waals surface area contributed by atoms with Crippen LogP contribution in [0.15, 0.2) is 36.5 Å². The summed E-state index contributed by atoms with van der Waals surface area (Å²) < 4.78 is 14.2. The average molecular weight is 408 g/mol. The molecule has 0 spiro atoms. The van der Waals surface area contributed by atoms with Gasteiger partial charge >= 0.3 is 0 Å². The standard InChI is InChI=1S/C22H25FN6O/c1-13(17-6-4-5-7-19(17)23)25-22-18-10-21(24-11-20(18)26-14(2)27-22)29-9-8-16(12-29)28-15(3)30/h4-7,10-11,13,16H,8-9,12H2,1-3H3,(H,28,30)(H,25,26,27)/t13-,16-/m1/s1. The van der Waals surface area contributed by atoms with E-state index in [4.69, 9.17) is 0 Å². The van der Waals surface area contributed by atoms with Crippen molar-refractivity contribution in [2.45, 2.75) is 39.3 Å². The van der Waals surface area contributed by atoms with E-state index in [1.807, 2.05) is 26.0 Å². The number of carbonyl (C=O) groups is 1. The SMILES string of the molecule is CC(=O)N[C@@H]1CCN(c2cc3c(N[C@H](C)c4ccccc4F)nc(C)nc3cn2)C1. The summed E-state index contributed by atoms with van der Waals surface area (Å²) in [5.74, 6) is 1.80. The normalized spacial score (nSPS) is 17.2. The van der Waals surface area contributed by atoms with Gasteiger partial charge in [-0.05, 0) is 32.4 Å². The number of pyridine rings is 1. The fourth-order valence-corrected chi connectivity index (χ4v) is 3.90. The Morgan fingerprint density at radius 3 is 2.87 bits per heavy atom. The van der Waals surface area contributed by atoms with Crippen LogP contribution in [0.5, 0.6) is 0 Å². The topological polar surface area (TPSA) is 83.0 Å². The number of carbonyl (C=O) groups excluding carboxylic acids is 1. The fourth-order valence-electron chi connectivity index (χ4n) is 3.90. The van der Waals surface area contributed by atoms with Gasteiger partial charge in [-0.3, -0.25) is 4.79 Å². The lowest BCUT2D eigenvalue weighted by Crippen LogP contribution is -2.35. The molecule has 1 amide bonds. The Morgan fingerprint density at radius 2 is 2.10 bits per heavy atom. The number of aryl methyl sites for hydroxylation is 1. The minimum Gasteiger partial charge on any atom is -0.363 e. The van der Waals surface area contributed by atoms with Crippen LogP contribution in [0.2, 0.25) is 0 Å². The molecule has 156 valence electrons. The van der Waals surface area contributed by atoms with E-state index in [0.717, 1.165) is 29.7 Å². The van der Waals surface area contributed by atoms with E-state index in [0.29, 0.717) is 23.8 Å². The van der Waals surface area contributed by atoms with Crippen LogP contribution in [0.1, 0.15) is 37.7 Å². The van der Waals surface area contributed by atoms with E-state index in [1.165, 1.54) is 13.0 Å². The molecule has 3 aromatic rings. The second-order valence-corrected chi connectivity index (χ2v) is 7.70. The summed E-state index contributed by atoms with van der Waals surface area (Å²) >= 11 is 0. The van der Waals surface area contributed by atoms with Crippen molar-refractivity contribution in [3.05, 3.63) is 53.7 Å². The first kappa shape index (κ1) is 20.0. The van der Waals surface area contributed by atoms with Crippen LogP contribution < -0.4 is 15.5 Å². The van der Waals surface area contributed by atoms with Crippen molar-refractivity contribution in [2.24, 2.45) is 0 Å². The molecule has 0 aliphatic carbocycles. The van der Waals surface area contributed by atoms with Crippen molar-refractivity contribution in [1.82, 2.24) is 20.3 Å². The molecule has 1 saturated heterocycles. The number of hydrogen-bond acceptors (Lipinski definition) is 6. The average Bonchev–Trinajstić information content (AvgIpc) is 3.15. The molecule has 8 heteroatoms. The van der Waals surface area contributed by atoms with E-state index >= 15 is 0 Å². The number of anilines is 2. The van der Waals surface area contributed by atoms with E-state index < -0.39 is 0 Å². The summed E-state index contributed by atoms with van der Waals surface area (Å²) in [5, 5.41) is 7.14. The van der Waals surface area contributed by atoms with Crippen LogP contribution in [-0.2, 0) is 4.79 Å². The molecule has 1 fully saturated rings. The van der Waals surface area contributed by atoms with E-state index in [-0.39, 0.29) is 23.8 Å². The van der Waals surface area contributed by atoms with Gasteiger partial charge < -0.3 is 15.5 Å². The molecule has 0 bridgehead atoms. The van der Waals surface area contributed by atoms with Crippen LogP contribution in [0.3, 0.4) is 0 Å². The van der Waals surface area contributed by atoms with Gasteiger partial charge in [-0.15, -0.1) is 0 Å². The summed E-state index contributed by atoms with van der Waals surface area (Å²) in [7, 11) is 0. The van der Waals surface area contributed by atoms with Crippen LogP contribution in [0, 0.1) is 12.7 Å². The van der Waals surface area contributed by atoms with Crippen LogP contribution in [0.4, 0.5) is 16.0 Å². The maximum absolute atomic E-state index is 14.2. The monoisotopic (exact) mass is 408 g/mol. The first-order valence-corrected chi connectivity index (χ1v) is 10.1. The molecule has 30 heavy (non-hydrogen) atoms. The van der Waals surface area contributed by atoms with Gasteiger partial charge in [-0.25, -0.2) is 19.3 Å². The molecule has 7 nitrogen and oxygen atoms in total. The predicted octanol–water partition coefficient (Wildman–Crippen LogP) is 3.36. The molecule has 0 saturated carbocycles. The van der Waals surface area contributed by atoms with Crippen molar-refractivity contribution in [3.8, 4) is 0 Å². The predicted molar refractivity (Wildman–Crippen MR) is 115 cm³/mol. The number of rotatable bonds is 5. The number of halogens is 1. The van der Waals surface area contributed by atoms with Crippen molar-refractivity contribution < 1.29 is 9.18 Å². The molecule has 2 aromatic heterocycles. The van der Waals surface area contributed by atoms with E-state index in [1.54, 1.807) is 18.3 Å². The molecule has 4 rings (SSSR count). The summed E-state index contributed by atoms with van der Waals surface area (Å²) in [6.45, 7) is 6.78. The maximum Gasteiger partial charge on any atom is 0.217 e. The highest BCUT2D eigenvalue weighted by atomic mass is 19.1. The van der Waals surface area contributed by atoms with Gasteiger partial charge in [0.1, 0.15) is 23.3 Å². The molecule has 1 aliphatic heterocycles. The van der Waals surface area contributed by atoms with Gasteiger partial charge in [0.2, 0.25) is 5.91 Å². The first-order valence-electron chi connectivity index (χ1n) is 10.1. The fraction of sp³-hybridized carbons (Fsp3) is 0.364. The quantitative estimate of drug-likeness (QED) is 0.674. The zero-order chi connectivity index (χ0) is 21.3. The Hall–Kier alpha value is -3.29. The summed E-state index contributed by atoms with van der Waals surface area (Å²) in [6, 6.07) is 8.53. The smallest absolute Gasteiger partial charge is 0.217 e. The highest BCUT2D eigenvalue weighted by molar-refractivity contribution is 5.90. The molecule has 1 aliphatic rings. The van der Waals surface area contributed by atoms with Crippen LogP contribution in [-0.4, -0.2) is 40.0 Å². The van der Waals surface area contributed by atoms with E-state index in [2.05, 4.69) is 30.5 Å². The summed E-state index contributed by atoms with van der Waals surface area (Å²) in [5.41, 5.74) is 1.31. The third-order valence-corrected chi connectivity index (χ3v) is 5.32. The second-order valence-electron chi connectivity index (χ2n) is 7.70. The molecule has 1 aromatic carbocycles. The molecule has 2 atom stereocenters. The number of hydrogen-bond donors (Lipinski definition) is 2. The Balaban J connectivity index is 1.64. The third-order valence-electron chi connectivity index (χ3n) is 5.32. The Kier molecular flexibility index (Phi) is 5.48. The largest absolute Gasteiger partial charge is 0.363 e. The van der Waals surface area contributed by atoms with Crippen LogP contribution in [0.25, 0.3) is 10.9 Å². The zero-order valence-corrected chi connectivity index (χ0v) is 17.3. The third kappa shape index (κ3) is 4.17. The van der Waals surface area contributed by atoms with Crippen molar-refractivity contribution in [1.29, 1.82) is 0 Å². The lowest BCUT2D eigenvalue weighted by atomic mass is 10.1. The Labute approximate surface area is 174 Å². The molecular weight excluding hydrogens is 383 g/mol. The zero-order valence-electron chi connectivity index (χ0n) is 17.3. The Morgan fingerprint density at radius 1 is 1.30 bits per heavy atom. The van der Waals surface area contributed by atoms with Gasteiger partial charge in [-0.2, -0.15) is 0 Å². The number of nitrogens with one attached hydrogen (secondary N) is 2. The van der Waals surface area contributed by atoms with Gasteiger partial charge in [0.05, 0.1) is 17.8 Å². The lowest BCUT2D eigenvalue weighted by Gasteiger charge is -2.20. The molecular formula is C22H25FN6O. The number of nitrogens with zero attached hydrogens (tertiary/aromatic N) is 4. The van der Waals surface area contributed by atoms with E-state index in [9.17, 15) is 9.18 Å². The second kappa shape index (κ2) is 8.22. The highest BCUT2D eigenvalue weighted by Gasteiger charge is 2.24. The van der Waals surface area contributed by atoms with Crippen LogP contribution >= 0.6 is 0 Å². The van der Waals surface area contributed by atoms with Crippen molar-refractivity contribution in [2.75, 3.05) is 23.3 Å². The maximum atomic E-state index is 14.2. The van der Waals surface area contributed by atoms with Gasteiger partial charge in [0.15, 0.2) is 0 Å². The van der Waals surface area contributed by atoms with Gasteiger partial charge in [-0.1, -0.05) is 18.2 Å². The molecule has 2 N–H and O–H groups in total. The van der Waals surface area contributed by atoms with Gasteiger partial charge in [0.25, 0.3) is 0 Å². The minimum atomic E-state index is -0.267. The number of benzene rings is 1. The summed E-state index contributed by atoms with van der Waals surface area (Å²) in [6.07, 6.45) is 2.61. The van der Waals surface area contributed by atoms with Gasteiger partial charge in [0, 0.05) is 37.0 Å². The van der Waals surface area contributed by atoms with Crippen molar-refractivity contribution >= 4 is 28.4 Å². The molecule has 0 unspecified atom stereocenters. The molecule has 0 radical (unpaired) electrons. The number of fused-ring (bicyclic) bond motifs is 1. The number of amides is 1. The van der Waals surface area contributed by atoms with Crippen molar-refractivity contribution in [3.63, 3.8) is 0 Å². The highest BCUT2D eigenvalue weighted by Crippen LogP contribution is 2.29. The lowest BCUT2D eigenvalue weighted by molar-refractivity contribution is -0.119. The Bertz CT molecular complexity index is 1090. The number of aromatic nitrogens is 3. The summed E-state index contributed by atoms with van der Waals surface area (Å²) in [4.78, 5) is 27.1. The first-order chi connectivity index (χ1) is 14.4. The molecule has 3 heterocycles.